The maximum absolute atomic E-state index is 3.44. The van der Waals surface area contributed by atoms with E-state index < -0.39 is 0 Å². The third kappa shape index (κ3) is 0.501. The predicted octanol–water partition coefficient (Wildman–Crippen LogP) is -0.338. The van der Waals surface area contributed by atoms with Crippen molar-refractivity contribution < 1.29 is 0 Å². The molecular weight excluding hydrogens is 100 g/mol. The summed E-state index contributed by atoms with van der Waals surface area (Å²) in [5.41, 5.74) is 0. The first-order valence-corrected chi connectivity index (χ1v) is 3.30. The van der Waals surface area contributed by atoms with Gasteiger partial charge in [0, 0.05) is 25.2 Å². The quantitative estimate of drug-likeness (QED) is 0.461. The number of piperazine rings is 1. The van der Waals surface area contributed by atoms with Crippen LogP contribution in [0.2, 0.25) is 0 Å². The van der Waals surface area contributed by atoms with Crippen molar-refractivity contribution in [2.75, 3.05) is 20.1 Å². The molecule has 0 amide bonds. The first kappa shape index (κ1) is 4.77. The van der Waals surface area contributed by atoms with Gasteiger partial charge in [0.1, 0.15) is 0 Å². The Morgan fingerprint density at radius 3 is 2.75 bits per heavy atom. The second kappa shape index (κ2) is 1.45. The van der Waals surface area contributed by atoms with Crippen LogP contribution in [0.25, 0.3) is 0 Å². The highest BCUT2D eigenvalue weighted by Gasteiger charge is 2.34. The highest BCUT2D eigenvalue weighted by Crippen LogP contribution is 2.20. The Hall–Kier alpha value is -0.0800. The molecule has 0 aromatic rings. The summed E-state index contributed by atoms with van der Waals surface area (Å²) in [4.78, 5) is 2.45. The van der Waals surface area contributed by atoms with E-state index in [0.717, 1.165) is 12.1 Å². The minimum absolute atomic E-state index is 0.824. The van der Waals surface area contributed by atoms with Gasteiger partial charge >= 0.3 is 0 Å². The average molecular weight is 112 g/mol. The minimum atomic E-state index is 0.824. The Morgan fingerprint density at radius 1 is 1.62 bits per heavy atom. The van der Waals surface area contributed by atoms with E-state index in [1.807, 2.05) is 0 Å². The Bertz CT molecular complexity index is 101. The van der Waals surface area contributed by atoms with Crippen molar-refractivity contribution in [3.05, 3.63) is 0 Å². The SMILES string of the molecule is CN1C[C@@H]2CC1CN2. The summed E-state index contributed by atoms with van der Waals surface area (Å²) in [7, 11) is 2.21. The van der Waals surface area contributed by atoms with Crippen LogP contribution >= 0.6 is 0 Å². The van der Waals surface area contributed by atoms with Crippen LogP contribution in [0, 0.1) is 0 Å². The number of nitrogens with zero attached hydrogens (tertiary/aromatic N) is 1. The smallest absolute Gasteiger partial charge is 0.0233 e. The van der Waals surface area contributed by atoms with Crippen LogP contribution in [-0.4, -0.2) is 37.1 Å². The number of hydrogen-bond acceptors (Lipinski definition) is 2. The van der Waals surface area contributed by atoms with Gasteiger partial charge in [-0.05, 0) is 13.5 Å². The average Bonchev–Trinajstić information content (AvgIpc) is 2.23. The summed E-state index contributed by atoms with van der Waals surface area (Å²) in [6.07, 6.45) is 1.39. The molecule has 8 heavy (non-hydrogen) atoms. The van der Waals surface area contributed by atoms with Gasteiger partial charge in [-0.3, -0.25) is 0 Å². The van der Waals surface area contributed by atoms with E-state index in [4.69, 9.17) is 0 Å². The Kier molecular flexibility index (Phi) is 0.866. The standard InChI is InChI=1S/C6H12N2/c1-8-4-5-2-6(8)3-7-5/h5-7H,2-4H2,1H3/t5-,6?/m0/s1. The molecule has 2 atom stereocenters. The maximum atomic E-state index is 3.44. The van der Waals surface area contributed by atoms with Crippen molar-refractivity contribution >= 4 is 0 Å². The molecular formula is C6H12N2. The van der Waals surface area contributed by atoms with E-state index in [9.17, 15) is 0 Å². The number of rotatable bonds is 0. The lowest BCUT2D eigenvalue weighted by Crippen LogP contribution is -2.41. The van der Waals surface area contributed by atoms with Gasteiger partial charge < -0.3 is 10.2 Å². The molecule has 0 aromatic heterocycles. The van der Waals surface area contributed by atoms with Gasteiger partial charge in [-0.1, -0.05) is 0 Å². The van der Waals surface area contributed by atoms with Crippen LogP contribution in [0.3, 0.4) is 0 Å². The van der Waals surface area contributed by atoms with Crippen molar-refractivity contribution in [1.29, 1.82) is 0 Å². The van der Waals surface area contributed by atoms with Crippen molar-refractivity contribution in [1.82, 2.24) is 10.2 Å². The molecule has 0 spiro atoms. The van der Waals surface area contributed by atoms with Crippen molar-refractivity contribution in [2.45, 2.75) is 18.5 Å². The molecule has 2 heteroatoms. The normalized spacial score (nSPS) is 46.1. The molecule has 0 aromatic carbocycles. The third-order valence-electron chi connectivity index (χ3n) is 2.33. The number of fused-ring (bicyclic) bond motifs is 2. The van der Waals surface area contributed by atoms with Crippen LogP contribution in [0.1, 0.15) is 6.42 Å². The molecule has 2 saturated heterocycles. The fourth-order valence-corrected chi connectivity index (χ4v) is 1.77. The van der Waals surface area contributed by atoms with E-state index in [-0.39, 0.29) is 0 Å². The summed E-state index contributed by atoms with van der Waals surface area (Å²) < 4.78 is 0. The first-order valence-electron chi connectivity index (χ1n) is 3.30. The fraction of sp³-hybridized carbons (Fsp3) is 1.00. The third-order valence-corrected chi connectivity index (χ3v) is 2.33. The van der Waals surface area contributed by atoms with Crippen molar-refractivity contribution in [3.8, 4) is 0 Å². The maximum Gasteiger partial charge on any atom is 0.0233 e. The summed E-state index contributed by atoms with van der Waals surface area (Å²) in [6, 6.07) is 1.69. The number of likely N-dealkylation sites (N-methyl/N-ethyl adjacent to an activating group) is 1. The predicted molar refractivity (Wildman–Crippen MR) is 32.8 cm³/mol. The number of likely N-dealkylation sites (tertiary alicyclic amines) is 1. The number of nitrogens with one attached hydrogen (secondary N) is 1. The zero-order chi connectivity index (χ0) is 5.56. The topological polar surface area (TPSA) is 15.3 Å². The van der Waals surface area contributed by atoms with Gasteiger partial charge in [0.25, 0.3) is 0 Å². The zero-order valence-corrected chi connectivity index (χ0v) is 5.22. The van der Waals surface area contributed by atoms with Gasteiger partial charge in [-0.2, -0.15) is 0 Å². The lowest BCUT2D eigenvalue weighted by atomic mass is 10.2. The summed E-state index contributed by atoms with van der Waals surface area (Å²) >= 11 is 0. The van der Waals surface area contributed by atoms with Crippen molar-refractivity contribution in [3.63, 3.8) is 0 Å². The fourth-order valence-electron chi connectivity index (χ4n) is 1.77. The molecule has 2 bridgehead atoms. The Labute approximate surface area is 49.9 Å². The number of hydrogen-bond donors (Lipinski definition) is 1. The monoisotopic (exact) mass is 112 g/mol. The van der Waals surface area contributed by atoms with E-state index in [2.05, 4.69) is 17.3 Å². The molecule has 0 saturated carbocycles. The summed E-state index contributed by atoms with van der Waals surface area (Å²) in [6.45, 7) is 2.49. The van der Waals surface area contributed by atoms with Crippen LogP contribution < -0.4 is 5.32 Å². The largest absolute Gasteiger partial charge is 0.311 e. The van der Waals surface area contributed by atoms with Crippen LogP contribution in [0.15, 0.2) is 0 Å². The summed E-state index contributed by atoms with van der Waals surface area (Å²) in [5, 5.41) is 3.44. The first-order chi connectivity index (χ1) is 3.86. The molecule has 0 radical (unpaired) electrons. The van der Waals surface area contributed by atoms with Crippen molar-refractivity contribution in [2.24, 2.45) is 0 Å². The van der Waals surface area contributed by atoms with Gasteiger partial charge in [0.15, 0.2) is 0 Å². The van der Waals surface area contributed by atoms with Crippen LogP contribution in [0.5, 0.6) is 0 Å². The van der Waals surface area contributed by atoms with Crippen LogP contribution in [0.4, 0.5) is 0 Å². The lowest BCUT2D eigenvalue weighted by molar-refractivity contribution is 0.276. The Morgan fingerprint density at radius 2 is 2.50 bits per heavy atom. The van der Waals surface area contributed by atoms with E-state index >= 15 is 0 Å². The van der Waals surface area contributed by atoms with Crippen LogP contribution in [-0.2, 0) is 0 Å². The van der Waals surface area contributed by atoms with Gasteiger partial charge in [0.2, 0.25) is 0 Å². The molecule has 0 aliphatic carbocycles. The Balaban J connectivity index is 2.11. The second-order valence-corrected chi connectivity index (χ2v) is 2.93. The highest BCUT2D eigenvalue weighted by molar-refractivity contribution is 4.95. The van der Waals surface area contributed by atoms with E-state index in [0.29, 0.717) is 0 Å². The van der Waals surface area contributed by atoms with Gasteiger partial charge in [-0.15, -0.1) is 0 Å². The lowest BCUT2D eigenvalue weighted by Gasteiger charge is -2.21. The molecule has 1 unspecified atom stereocenters. The second-order valence-electron chi connectivity index (χ2n) is 2.93. The molecule has 1 N–H and O–H groups in total. The minimum Gasteiger partial charge on any atom is -0.311 e. The summed E-state index contributed by atoms with van der Waals surface area (Å²) in [5.74, 6) is 0. The molecule has 2 fully saturated rings. The molecule has 2 rings (SSSR count). The molecule has 2 heterocycles. The highest BCUT2D eigenvalue weighted by atomic mass is 15.3. The van der Waals surface area contributed by atoms with E-state index in [1.165, 1.54) is 19.5 Å². The van der Waals surface area contributed by atoms with E-state index in [1.54, 1.807) is 0 Å². The molecule has 2 nitrogen and oxygen atoms in total. The molecule has 46 valence electrons. The zero-order valence-electron chi connectivity index (χ0n) is 5.22. The van der Waals surface area contributed by atoms with Gasteiger partial charge in [-0.25, -0.2) is 0 Å². The molecule has 2 aliphatic heterocycles. The van der Waals surface area contributed by atoms with Gasteiger partial charge in [0.05, 0.1) is 0 Å². The molecule has 2 aliphatic rings.